The SMILES string of the molecule is O=C(N[C@@H]1CN(C2CCOCC2)C[C@@H]2CCCO[C@@H]21)c1cnccn1. The Bertz CT molecular complexity index is 579. The van der Waals surface area contributed by atoms with Crippen molar-refractivity contribution in [3.63, 3.8) is 0 Å². The summed E-state index contributed by atoms with van der Waals surface area (Å²) in [7, 11) is 0. The number of likely N-dealkylation sites (tertiary alicyclic amines) is 1. The third kappa shape index (κ3) is 3.83. The molecule has 0 radical (unpaired) electrons. The summed E-state index contributed by atoms with van der Waals surface area (Å²) in [5.41, 5.74) is 0.359. The summed E-state index contributed by atoms with van der Waals surface area (Å²) < 4.78 is 11.6. The first kappa shape index (κ1) is 16.9. The zero-order valence-electron chi connectivity index (χ0n) is 14.5. The summed E-state index contributed by atoms with van der Waals surface area (Å²) in [6, 6.07) is 0.545. The molecule has 1 aromatic rings. The van der Waals surface area contributed by atoms with Crippen molar-refractivity contribution in [3.05, 3.63) is 24.3 Å². The second kappa shape index (κ2) is 7.76. The van der Waals surface area contributed by atoms with Gasteiger partial charge in [-0.3, -0.25) is 14.7 Å². The summed E-state index contributed by atoms with van der Waals surface area (Å²) in [5, 5.41) is 3.16. The van der Waals surface area contributed by atoms with Gasteiger partial charge in [-0.05, 0) is 31.6 Å². The Kier molecular flexibility index (Phi) is 5.24. The van der Waals surface area contributed by atoms with Crippen molar-refractivity contribution < 1.29 is 14.3 Å². The molecule has 3 aliphatic heterocycles. The van der Waals surface area contributed by atoms with Gasteiger partial charge in [0.15, 0.2) is 0 Å². The fourth-order valence-corrected chi connectivity index (χ4v) is 4.37. The number of nitrogens with zero attached hydrogens (tertiary/aromatic N) is 3. The summed E-state index contributed by atoms with van der Waals surface area (Å²) in [6.45, 7) is 4.35. The van der Waals surface area contributed by atoms with E-state index in [2.05, 4.69) is 20.2 Å². The van der Waals surface area contributed by atoms with Crippen LogP contribution in [-0.4, -0.2) is 71.9 Å². The lowest BCUT2D eigenvalue weighted by molar-refractivity contribution is -0.0976. The summed E-state index contributed by atoms with van der Waals surface area (Å²) in [6.07, 6.45) is 9.15. The molecule has 0 aromatic carbocycles. The van der Waals surface area contributed by atoms with E-state index in [1.165, 1.54) is 12.6 Å². The molecule has 3 fully saturated rings. The van der Waals surface area contributed by atoms with Gasteiger partial charge in [-0.2, -0.15) is 0 Å². The molecular formula is C18H26N4O3. The van der Waals surface area contributed by atoms with Crippen LogP contribution >= 0.6 is 0 Å². The molecular weight excluding hydrogens is 320 g/mol. The van der Waals surface area contributed by atoms with E-state index in [-0.39, 0.29) is 18.1 Å². The number of ether oxygens (including phenoxy) is 2. The van der Waals surface area contributed by atoms with Crippen LogP contribution in [0.3, 0.4) is 0 Å². The molecule has 4 rings (SSSR count). The average molecular weight is 346 g/mol. The van der Waals surface area contributed by atoms with Gasteiger partial charge in [0.2, 0.25) is 0 Å². The number of carbonyl (C=O) groups is 1. The van der Waals surface area contributed by atoms with Gasteiger partial charge < -0.3 is 14.8 Å². The fourth-order valence-electron chi connectivity index (χ4n) is 4.37. The van der Waals surface area contributed by atoms with Crippen LogP contribution in [-0.2, 0) is 9.47 Å². The van der Waals surface area contributed by atoms with Crippen molar-refractivity contribution >= 4 is 5.91 Å². The number of carbonyl (C=O) groups excluding carboxylic acids is 1. The third-order valence-corrected chi connectivity index (χ3v) is 5.61. The topological polar surface area (TPSA) is 76.6 Å². The second-order valence-corrected chi connectivity index (χ2v) is 7.21. The van der Waals surface area contributed by atoms with Gasteiger partial charge in [0.25, 0.3) is 5.91 Å². The molecule has 25 heavy (non-hydrogen) atoms. The number of aromatic nitrogens is 2. The standard InChI is InChI=1S/C18H26N4O3/c23-18(15-10-19-5-6-20-15)21-16-12-22(14-3-8-24-9-4-14)11-13-2-1-7-25-17(13)16/h5-6,10,13-14,16-17H,1-4,7-9,11-12H2,(H,21,23)/t13-,16+,17-/m0/s1. The van der Waals surface area contributed by atoms with Crippen LogP contribution < -0.4 is 5.32 Å². The highest BCUT2D eigenvalue weighted by atomic mass is 16.5. The van der Waals surface area contributed by atoms with Gasteiger partial charge in [-0.25, -0.2) is 4.98 Å². The van der Waals surface area contributed by atoms with E-state index in [9.17, 15) is 4.79 Å². The first-order valence-corrected chi connectivity index (χ1v) is 9.31. The number of hydrogen-bond donors (Lipinski definition) is 1. The number of hydrogen-bond acceptors (Lipinski definition) is 6. The van der Waals surface area contributed by atoms with E-state index in [0.717, 1.165) is 52.2 Å². The van der Waals surface area contributed by atoms with E-state index in [4.69, 9.17) is 9.47 Å². The van der Waals surface area contributed by atoms with Gasteiger partial charge in [0.1, 0.15) is 5.69 Å². The fraction of sp³-hybridized carbons (Fsp3) is 0.722. The van der Waals surface area contributed by atoms with Gasteiger partial charge in [-0.1, -0.05) is 0 Å². The third-order valence-electron chi connectivity index (χ3n) is 5.61. The number of fused-ring (bicyclic) bond motifs is 1. The maximum atomic E-state index is 12.6. The number of rotatable bonds is 3. The van der Waals surface area contributed by atoms with Crippen molar-refractivity contribution in [3.8, 4) is 0 Å². The van der Waals surface area contributed by atoms with E-state index in [0.29, 0.717) is 17.7 Å². The Morgan fingerprint density at radius 3 is 2.84 bits per heavy atom. The molecule has 3 saturated heterocycles. The lowest BCUT2D eigenvalue weighted by Gasteiger charge is -2.48. The molecule has 136 valence electrons. The molecule has 4 heterocycles. The van der Waals surface area contributed by atoms with Crippen LogP contribution in [0.25, 0.3) is 0 Å². The molecule has 7 nitrogen and oxygen atoms in total. The molecule has 0 bridgehead atoms. The van der Waals surface area contributed by atoms with Crippen molar-refractivity contribution in [2.45, 2.75) is 43.9 Å². The Morgan fingerprint density at radius 2 is 2.04 bits per heavy atom. The summed E-state index contributed by atoms with van der Waals surface area (Å²) in [5.74, 6) is 0.317. The van der Waals surface area contributed by atoms with E-state index in [1.54, 1.807) is 12.4 Å². The minimum Gasteiger partial charge on any atom is -0.381 e. The average Bonchev–Trinajstić information content (AvgIpc) is 2.69. The Morgan fingerprint density at radius 1 is 1.16 bits per heavy atom. The van der Waals surface area contributed by atoms with Crippen LogP contribution in [0.2, 0.25) is 0 Å². The van der Waals surface area contributed by atoms with Crippen LogP contribution in [0.1, 0.15) is 36.2 Å². The highest BCUT2D eigenvalue weighted by Gasteiger charge is 2.42. The Labute approximate surface area is 148 Å². The maximum Gasteiger partial charge on any atom is 0.271 e. The summed E-state index contributed by atoms with van der Waals surface area (Å²) >= 11 is 0. The summed E-state index contributed by atoms with van der Waals surface area (Å²) in [4.78, 5) is 23.2. The minimum absolute atomic E-state index is 0.00333. The van der Waals surface area contributed by atoms with Crippen LogP contribution in [0.15, 0.2) is 18.6 Å². The van der Waals surface area contributed by atoms with E-state index < -0.39 is 0 Å². The lowest BCUT2D eigenvalue weighted by Crippen LogP contribution is -2.63. The van der Waals surface area contributed by atoms with Gasteiger partial charge in [-0.15, -0.1) is 0 Å². The van der Waals surface area contributed by atoms with Crippen LogP contribution in [0.5, 0.6) is 0 Å². The molecule has 1 amide bonds. The quantitative estimate of drug-likeness (QED) is 0.875. The lowest BCUT2D eigenvalue weighted by atomic mass is 9.84. The van der Waals surface area contributed by atoms with Crippen molar-refractivity contribution in [1.29, 1.82) is 0 Å². The molecule has 0 aliphatic carbocycles. The van der Waals surface area contributed by atoms with Crippen molar-refractivity contribution in [2.75, 3.05) is 32.9 Å². The van der Waals surface area contributed by atoms with Crippen LogP contribution in [0.4, 0.5) is 0 Å². The molecule has 0 saturated carbocycles. The molecule has 3 aliphatic rings. The predicted molar refractivity (Wildman–Crippen MR) is 91.2 cm³/mol. The Balaban J connectivity index is 1.47. The monoisotopic (exact) mass is 346 g/mol. The highest BCUT2D eigenvalue weighted by molar-refractivity contribution is 5.92. The van der Waals surface area contributed by atoms with Crippen molar-refractivity contribution in [2.24, 2.45) is 5.92 Å². The van der Waals surface area contributed by atoms with Gasteiger partial charge >= 0.3 is 0 Å². The smallest absolute Gasteiger partial charge is 0.271 e. The molecule has 3 atom stereocenters. The first-order chi connectivity index (χ1) is 12.3. The van der Waals surface area contributed by atoms with Crippen LogP contribution in [0, 0.1) is 5.92 Å². The molecule has 7 heteroatoms. The first-order valence-electron chi connectivity index (χ1n) is 9.31. The zero-order chi connectivity index (χ0) is 17.1. The minimum atomic E-state index is -0.167. The van der Waals surface area contributed by atoms with Crippen molar-refractivity contribution in [1.82, 2.24) is 20.2 Å². The largest absolute Gasteiger partial charge is 0.381 e. The zero-order valence-corrected chi connectivity index (χ0v) is 14.5. The number of piperidine rings is 1. The van der Waals surface area contributed by atoms with Gasteiger partial charge in [0.05, 0.1) is 18.3 Å². The molecule has 0 unspecified atom stereocenters. The second-order valence-electron chi connectivity index (χ2n) is 7.21. The van der Waals surface area contributed by atoms with E-state index in [1.807, 2.05) is 0 Å². The Hall–Kier alpha value is -1.57. The number of amides is 1. The maximum absolute atomic E-state index is 12.6. The number of nitrogens with one attached hydrogen (secondary N) is 1. The van der Waals surface area contributed by atoms with E-state index >= 15 is 0 Å². The molecule has 1 aromatic heterocycles. The molecule has 0 spiro atoms. The van der Waals surface area contributed by atoms with Gasteiger partial charge in [0, 0.05) is 51.3 Å². The highest BCUT2D eigenvalue weighted by Crippen LogP contribution is 2.31. The molecule has 1 N–H and O–H groups in total. The normalized spacial score (nSPS) is 31.3. The predicted octanol–water partition coefficient (Wildman–Crippen LogP) is 0.865.